The average molecular weight is 708 g/mol. The van der Waals surface area contributed by atoms with Crippen molar-refractivity contribution in [2.75, 3.05) is 5.73 Å². The smallest absolute Gasteiger partial charge is 0.296 e. The van der Waals surface area contributed by atoms with Crippen molar-refractivity contribution in [2.24, 2.45) is 20.5 Å². The van der Waals surface area contributed by atoms with Gasteiger partial charge in [-0.1, -0.05) is 0 Å². The van der Waals surface area contributed by atoms with Gasteiger partial charge in [0.05, 0.1) is 21.7 Å². The predicted molar refractivity (Wildman–Crippen MR) is 149 cm³/mol. The molecule has 0 saturated carbocycles. The summed E-state index contributed by atoms with van der Waals surface area (Å²) in [7, 11) is -18.8. The molecule has 4 rings (SSSR count). The zero-order chi connectivity index (χ0) is 33.6. The number of thiol groups is 1. The van der Waals surface area contributed by atoms with Gasteiger partial charge >= 0.3 is 0 Å². The van der Waals surface area contributed by atoms with E-state index in [0.717, 1.165) is 12.1 Å². The van der Waals surface area contributed by atoms with Crippen LogP contribution < -0.4 is 5.73 Å². The topological polar surface area (TPSA) is 293 Å². The lowest BCUT2D eigenvalue weighted by atomic mass is 10.1. The molecule has 0 aliphatic rings. The van der Waals surface area contributed by atoms with Crippen molar-refractivity contribution in [2.45, 2.75) is 19.6 Å². The van der Waals surface area contributed by atoms with Crippen LogP contribution in [0.2, 0.25) is 0 Å². The summed E-state index contributed by atoms with van der Waals surface area (Å²) in [6.45, 7) is 0. The number of phenols is 1. The van der Waals surface area contributed by atoms with E-state index in [2.05, 4.69) is 20.5 Å². The molecule has 0 amide bonds. The number of rotatable bonds is 8. The minimum Gasteiger partial charge on any atom is -0.505 e. The molecule has 4 aromatic carbocycles. The van der Waals surface area contributed by atoms with E-state index in [4.69, 9.17) is 5.73 Å². The highest BCUT2D eigenvalue weighted by atomic mass is 32.2. The number of halogens is 2. The number of hydrogen-bond donors (Lipinski definition) is 6. The average Bonchev–Trinajstić information content (AvgIpc) is 2.91. The summed E-state index contributed by atoms with van der Waals surface area (Å²) >= 11 is 0. The predicted octanol–water partition coefficient (Wildman–Crippen LogP) is 3.95. The van der Waals surface area contributed by atoms with Gasteiger partial charge in [0, 0.05) is 12.1 Å². The Labute approximate surface area is 252 Å². The van der Waals surface area contributed by atoms with Crippen LogP contribution >= 0.6 is 0 Å². The van der Waals surface area contributed by atoms with Crippen molar-refractivity contribution in [3.63, 3.8) is 0 Å². The quantitative estimate of drug-likeness (QED) is 0.0655. The van der Waals surface area contributed by atoms with Gasteiger partial charge in [-0.15, -0.1) is 15.3 Å². The van der Waals surface area contributed by atoms with E-state index in [1.807, 2.05) is 0 Å². The van der Waals surface area contributed by atoms with E-state index in [1.54, 1.807) is 0 Å². The first-order valence-electron chi connectivity index (χ1n) is 11.3. The van der Waals surface area contributed by atoms with Gasteiger partial charge in [-0.25, -0.2) is 17.2 Å². The van der Waals surface area contributed by atoms with Crippen LogP contribution in [0.4, 0.5) is 37.2 Å². The Balaban J connectivity index is 2.03. The molecule has 0 heterocycles. The molecule has 23 heteroatoms. The van der Waals surface area contributed by atoms with E-state index >= 15 is 0 Å². The van der Waals surface area contributed by atoms with E-state index in [1.165, 1.54) is 12.1 Å². The maximum atomic E-state index is 13.8. The highest BCUT2D eigenvalue weighted by Crippen LogP contribution is 2.48. The number of benzene rings is 4. The Morgan fingerprint density at radius 3 is 1.67 bits per heavy atom. The van der Waals surface area contributed by atoms with Crippen LogP contribution in [-0.4, -0.2) is 52.4 Å². The molecule has 0 bridgehead atoms. The second-order valence-corrected chi connectivity index (χ2v) is 13.8. The lowest BCUT2D eigenvalue weighted by molar-refractivity contribution is 0.471. The fourth-order valence-corrected chi connectivity index (χ4v) is 6.10. The number of aromatic hydroxyl groups is 1. The number of hydrogen-bond acceptors (Lipinski definition) is 14. The highest BCUT2D eigenvalue weighted by molar-refractivity contribution is 7.86. The third kappa shape index (κ3) is 6.93. The van der Waals surface area contributed by atoms with Gasteiger partial charge in [-0.3, -0.25) is 13.7 Å². The summed E-state index contributed by atoms with van der Waals surface area (Å²) < 4.78 is 151. The SMILES string of the molecule is Nc1c(/N=N/c2ccc([SH](=O)=O)cc2)c(S(=O)(=O)O)cc2cc(S(=O)(=O)O)c(/N=N/c3cc(F)c(F)cc3S(=O)(=O)O)c(O)c12. The molecule has 0 aliphatic heterocycles. The highest BCUT2D eigenvalue weighted by Gasteiger charge is 2.28. The summed E-state index contributed by atoms with van der Waals surface area (Å²) in [4.78, 5) is -3.78. The summed E-state index contributed by atoms with van der Waals surface area (Å²) in [5.41, 5.74) is 2.11. The van der Waals surface area contributed by atoms with E-state index in [0.29, 0.717) is 12.1 Å². The lowest BCUT2D eigenvalue weighted by Gasteiger charge is -2.14. The normalized spacial score (nSPS) is 13.0. The van der Waals surface area contributed by atoms with Crippen molar-refractivity contribution < 1.29 is 61.2 Å². The molecule has 0 radical (unpaired) electrons. The van der Waals surface area contributed by atoms with E-state index in [9.17, 15) is 61.2 Å². The second kappa shape index (κ2) is 11.8. The summed E-state index contributed by atoms with van der Waals surface area (Å²) in [5, 5.41) is 23.8. The molecule has 0 fully saturated rings. The lowest BCUT2D eigenvalue weighted by Crippen LogP contribution is -2.04. The molecule has 17 nitrogen and oxygen atoms in total. The molecule has 0 aromatic heterocycles. The number of nitrogens with zero attached hydrogens (tertiary/aromatic N) is 4. The van der Waals surface area contributed by atoms with Gasteiger partial charge < -0.3 is 10.8 Å². The van der Waals surface area contributed by atoms with Gasteiger partial charge in [0.2, 0.25) is 0 Å². The first-order chi connectivity index (χ1) is 20.7. The van der Waals surface area contributed by atoms with Gasteiger partial charge in [-0.2, -0.15) is 30.4 Å². The van der Waals surface area contributed by atoms with Crippen molar-refractivity contribution in [3.8, 4) is 5.75 Å². The van der Waals surface area contributed by atoms with Crippen molar-refractivity contribution in [1.82, 2.24) is 0 Å². The van der Waals surface area contributed by atoms with Gasteiger partial charge in [0.25, 0.3) is 30.4 Å². The minimum atomic E-state index is -5.39. The minimum absolute atomic E-state index is 0.0310. The van der Waals surface area contributed by atoms with E-state index in [-0.39, 0.29) is 22.7 Å². The first kappa shape index (κ1) is 33.4. The molecule has 238 valence electrons. The van der Waals surface area contributed by atoms with Crippen LogP contribution in [0.25, 0.3) is 10.8 Å². The standard InChI is InChI=1S/C22H15F2N5O12S4/c23-12-7-14(15(8-13(12)24)43(33,34)35)27-29-21-17(45(39,40)41)6-9-5-16(44(36,37)38)20(19(25)18(9)22(21)30)28-26-10-1-3-11(4-2-10)42(31)32/h1-8,30,42H,25H2,(H,33,34,35)(H,36,37,38)(H,39,40,41)/b28-26+,29-27+. The molecular weight excluding hydrogens is 693 g/mol. The van der Waals surface area contributed by atoms with Crippen LogP contribution in [0.1, 0.15) is 0 Å². The molecule has 0 atom stereocenters. The molecule has 0 spiro atoms. The molecule has 45 heavy (non-hydrogen) atoms. The largest absolute Gasteiger partial charge is 0.505 e. The number of anilines is 1. The number of fused-ring (bicyclic) bond motifs is 1. The maximum Gasteiger partial charge on any atom is 0.296 e. The molecule has 0 aliphatic carbocycles. The van der Waals surface area contributed by atoms with Crippen LogP contribution in [-0.2, 0) is 41.1 Å². The Bertz CT molecular complexity index is 2370. The van der Waals surface area contributed by atoms with Crippen LogP contribution in [0.15, 0.2) is 88.6 Å². The Morgan fingerprint density at radius 2 is 1.16 bits per heavy atom. The first-order valence-corrected chi connectivity index (χ1v) is 16.8. The zero-order valence-corrected chi connectivity index (χ0v) is 24.8. The number of azo groups is 2. The summed E-state index contributed by atoms with van der Waals surface area (Å²) in [6, 6.07) is 5.89. The third-order valence-corrected chi connectivity index (χ3v) is 9.07. The van der Waals surface area contributed by atoms with Gasteiger partial charge in [-0.05, 0) is 41.8 Å². The maximum absolute atomic E-state index is 13.8. The zero-order valence-electron chi connectivity index (χ0n) is 21.5. The number of phenolic OH excluding ortho intramolecular Hbond substituents is 1. The monoisotopic (exact) mass is 707 g/mol. The molecule has 0 saturated heterocycles. The molecular formula is C22H15F2N5O12S4. The van der Waals surface area contributed by atoms with Crippen LogP contribution in [0.5, 0.6) is 5.75 Å². The van der Waals surface area contributed by atoms with Gasteiger partial charge in [0.1, 0.15) is 31.7 Å². The second-order valence-electron chi connectivity index (χ2n) is 8.64. The Kier molecular flexibility index (Phi) is 8.73. The molecule has 4 aromatic rings. The number of nitrogen functional groups attached to an aromatic ring is 1. The molecule has 6 N–H and O–H groups in total. The molecule has 0 unspecified atom stereocenters. The third-order valence-electron chi connectivity index (χ3n) is 5.73. The summed E-state index contributed by atoms with van der Waals surface area (Å²) in [5.74, 6) is -4.67. The number of nitrogens with two attached hydrogens (primary N) is 1. The van der Waals surface area contributed by atoms with Crippen molar-refractivity contribution >= 4 is 80.3 Å². The summed E-state index contributed by atoms with van der Waals surface area (Å²) in [6.07, 6.45) is 0. The Hall–Kier alpha value is -4.52. The fourth-order valence-electron chi connectivity index (χ4n) is 3.76. The Morgan fingerprint density at radius 1 is 0.667 bits per heavy atom. The van der Waals surface area contributed by atoms with Crippen molar-refractivity contribution in [3.05, 3.63) is 60.2 Å². The fraction of sp³-hybridized carbons (Fsp3) is 0. The van der Waals surface area contributed by atoms with Gasteiger partial charge in [0.15, 0.2) is 28.1 Å². The van der Waals surface area contributed by atoms with Crippen LogP contribution in [0, 0.1) is 11.6 Å². The van der Waals surface area contributed by atoms with E-state index < -0.39 is 107 Å². The van der Waals surface area contributed by atoms with Crippen LogP contribution in [0.3, 0.4) is 0 Å². The van der Waals surface area contributed by atoms with Crippen molar-refractivity contribution in [1.29, 1.82) is 0 Å².